The molecule has 1 aromatic carbocycles. The van der Waals surface area contributed by atoms with E-state index < -0.39 is 0 Å². The zero-order valence-corrected chi connectivity index (χ0v) is 16.9. The monoisotopic (exact) mass is 390 g/mol. The summed E-state index contributed by atoms with van der Waals surface area (Å²) in [4.78, 5) is 30.2. The summed E-state index contributed by atoms with van der Waals surface area (Å²) in [7, 11) is 0. The van der Waals surface area contributed by atoms with Crippen molar-refractivity contribution in [3.8, 4) is 0 Å². The second kappa shape index (κ2) is 8.07. The highest BCUT2D eigenvalue weighted by Crippen LogP contribution is 2.30. The number of H-pyrrole nitrogens is 2. The van der Waals surface area contributed by atoms with Crippen LogP contribution in [0.25, 0.3) is 0 Å². The molecule has 3 aromatic rings. The fourth-order valence-corrected chi connectivity index (χ4v) is 4.27. The molecule has 1 aliphatic rings. The second-order valence-electron chi connectivity index (χ2n) is 7.85. The average Bonchev–Trinajstić information content (AvgIpc) is 3.16. The van der Waals surface area contributed by atoms with Gasteiger partial charge in [0.1, 0.15) is 5.56 Å². The van der Waals surface area contributed by atoms with Gasteiger partial charge < -0.3 is 9.88 Å². The molecule has 0 bridgehead atoms. The number of aromatic nitrogens is 3. The van der Waals surface area contributed by atoms with Crippen LogP contribution in [0.1, 0.15) is 57.3 Å². The van der Waals surface area contributed by atoms with Crippen LogP contribution in [-0.2, 0) is 6.42 Å². The highest BCUT2D eigenvalue weighted by atomic mass is 16.2. The molecule has 0 saturated carbocycles. The fourth-order valence-electron chi connectivity index (χ4n) is 4.27. The summed E-state index contributed by atoms with van der Waals surface area (Å²) in [5, 5.41) is 7.46. The highest BCUT2D eigenvalue weighted by molar-refractivity contribution is 5.95. The number of hydrogen-bond acceptors (Lipinski definition) is 3. The molecule has 0 spiro atoms. The van der Waals surface area contributed by atoms with E-state index in [0.29, 0.717) is 24.7 Å². The van der Waals surface area contributed by atoms with Gasteiger partial charge in [0, 0.05) is 48.6 Å². The van der Waals surface area contributed by atoms with Gasteiger partial charge >= 0.3 is 0 Å². The average molecular weight is 390 g/mol. The normalized spacial score (nSPS) is 14.9. The first kappa shape index (κ1) is 19.2. The van der Waals surface area contributed by atoms with E-state index >= 15 is 0 Å². The quantitative estimate of drug-likeness (QED) is 0.717. The number of aryl methyl sites for hydroxylation is 2. The van der Waals surface area contributed by atoms with E-state index in [4.69, 9.17) is 0 Å². The van der Waals surface area contributed by atoms with Gasteiger partial charge in [0.15, 0.2) is 5.43 Å². The number of piperidine rings is 1. The predicted molar refractivity (Wildman–Crippen MR) is 112 cm³/mol. The number of nitrogens with one attached hydrogen (secondary N) is 2. The molecule has 29 heavy (non-hydrogen) atoms. The summed E-state index contributed by atoms with van der Waals surface area (Å²) in [6.45, 7) is 4.89. The first-order valence-corrected chi connectivity index (χ1v) is 10.1. The van der Waals surface area contributed by atoms with Crippen molar-refractivity contribution < 1.29 is 4.79 Å². The fraction of sp³-hybridized carbons (Fsp3) is 0.348. The molecule has 6 heteroatoms. The molecular weight excluding hydrogens is 364 g/mol. The number of carbonyl (C=O) groups excluding carboxylic acids is 1. The predicted octanol–water partition coefficient (Wildman–Crippen LogP) is 3.33. The minimum absolute atomic E-state index is 0.170. The van der Waals surface area contributed by atoms with Gasteiger partial charge in [-0.15, -0.1) is 0 Å². The van der Waals surface area contributed by atoms with Crippen molar-refractivity contribution in [2.45, 2.75) is 39.0 Å². The third-order valence-corrected chi connectivity index (χ3v) is 5.75. The lowest BCUT2D eigenvalue weighted by Gasteiger charge is -2.32. The van der Waals surface area contributed by atoms with Gasteiger partial charge in [-0.2, -0.15) is 5.10 Å². The van der Waals surface area contributed by atoms with E-state index in [1.54, 1.807) is 11.8 Å². The lowest BCUT2D eigenvalue weighted by molar-refractivity contribution is 0.0709. The molecule has 0 unspecified atom stereocenters. The first-order chi connectivity index (χ1) is 14.0. The molecule has 0 aliphatic carbocycles. The summed E-state index contributed by atoms with van der Waals surface area (Å²) in [6, 6.07) is 11.9. The van der Waals surface area contributed by atoms with Crippen molar-refractivity contribution in [3.05, 3.63) is 86.6 Å². The molecule has 1 aliphatic heterocycles. The molecule has 1 saturated heterocycles. The Kier molecular flexibility index (Phi) is 5.34. The van der Waals surface area contributed by atoms with Crippen molar-refractivity contribution in [2.24, 2.45) is 0 Å². The zero-order chi connectivity index (χ0) is 20.4. The van der Waals surface area contributed by atoms with Crippen LogP contribution < -0.4 is 5.43 Å². The van der Waals surface area contributed by atoms with E-state index in [0.717, 1.165) is 25.0 Å². The minimum Gasteiger partial charge on any atom is -0.362 e. The Morgan fingerprint density at radius 3 is 2.59 bits per heavy atom. The van der Waals surface area contributed by atoms with Crippen molar-refractivity contribution in [1.29, 1.82) is 0 Å². The molecule has 3 heterocycles. The lowest BCUT2D eigenvalue weighted by Crippen LogP contribution is -2.40. The Morgan fingerprint density at radius 1 is 1.17 bits per heavy atom. The Morgan fingerprint density at radius 2 is 1.90 bits per heavy atom. The van der Waals surface area contributed by atoms with Gasteiger partial charge in [0.05, 0.1) is 6.20 Å². The van der Waals surface area contributed by atoms with Crippen LogP contribution in [-0.4, -0.2) is 39.1 Å². The van der Waals surface area contributed by atoms with Gasteiger partial charge in [-0.25, -0.2) is 0 Å². The van der Waals surface area contributed by atoms with Gasteiger partial charge in [0.2, 0.25) is 0 Å². The molecule has 0 atom stereocenters. The third kappa shape index (κ3) is 4.01. The third-order valence-electron chi connectivity index (χ3n) is 5.75. The molecule has 1 amide bonds. The SMILES string of the molecule is Cc1cc(=O)c(C(=O)N2CCC(c3[nH]ncc3Cc3ccccc3)CC2)c(C)[nH]1. The Hall–Kier alpha value is -3.15. The van der Waals surface area contributed by atoms with Crippen LogP contribution in [0.3, 0.4) is 0 Å². The van der Waals surface area contributed by atoms with Gasteiger partial charge in [-0.05, 0) is 37.8 Å². The first-order valence-electron chi connectivity index (χ1n) is 10.1. The van der Waals surface area contributed by atoms with Gasteiger partial charge in [0.25, 0.3) is 5.91 Å². The maximum Gasteiger partial charge on any atom is 0.259 e. The topological polar surface area (TPSA) is 81.8 Å². The molecule has 0 radical (unpaired) electrons. The summed E-state index contributed by atoms with van der Waals surface area (Å²) in [5.74, 6) is 0.175. The summed E-state index contributed by atoms with van der Waals surface area (Å²) in [5.41, 5.74) is 5.12. The number of carbonyl (C=O) groups is 1. The van der Waals surface area contributed by atoms with E-state index in [2.05, 4.69) is 27.3 Å². The van der Waals surface area contributed by atoms with Gasteiger partial charge in [-0.3, -0.25) is 14.7 Å². The minimum atomic E-state index is -0.204. The molecule has 4 rings (SSSR count). The number of benzene rings is 1. The number of nitrogens with zero attached hydrogens (tertiary/aromatic N) is 2. The summed E-state index contributed by atoms with van der Waals surface area (Å²) < 4.78 is 0. The largest absolute Gasteiger partial charge is 0.362 e. The second-order valence-corrected chi connectivity index (χ2v) is 7.85. The summed E-state index contributed by atoms with van der Waals surface area (Å²) in [6.07, 6.45) is 4.48. The van der Waals surface area contributed by atoms with E-state index in [1.807, 2.05) is 31.3 Å². The maximum absolute atomic E-state index is 12.9. The number of hydrogen-bond donors (Lipinski definition) is 2. The molecule has 2 N–H and O–H groups in total. The Labute approximate surface area is 170 Å². The standard InChI is InChI=1S/C23H26N4O2/c1-15-12-20(28)21(16(2)25-15)23(29)27-10-8-18(9-11-27)22-19(14-24-26-22)13-17-6-4-3-5-7-17/h3-7,12,14,18H,8-11,13H2,1-2H3,(H,24,26)(H,25,28). The summed E-state index contributed by atoms with van der Waals surface area (Å²) >= 11 is 0. The van der Waals surface area contributed by atoms with E-state index in [1.165, 1.54) is 22.9 Å². The molecule has 150 valence electrons. The lowest BCUT2D eigenvalue weighted by atomic mass is 9.89. The smallest absolute Gasteiger partial charge is 0.259 e. The number of rotatable bonds is 4. The number of pyridine rings is 1. The molecule has 2 aromatic heterocycles. The highest BCUT2D eigenvalue weighted by Gasteiger charge is 2.28. The van der Waals surface area contributed by atoms with Crippen LogP contribution in [0, 0.1) is 13.8 Å². The van der Waals surface area contributed by atoms with Crippen molar-refractivity contribution in [3.63, 3.8) is 0 Å². The number of amides is 1. The van der Waals surface area contributed by atoms with Crippen molar-refractivity contribution in [2.75, 3.05) is 13.1 Å². The molecule has 1 fully saturated rings. The van der Waals surface area contributed by atoms with Crippen molar-refractivity contribution >= 4 is 5.91 Å². The number of likely N-dealkylation sites (tertiary alicyclic amines) is 1. The number of aromatic amines is 2. The van der Waals surface area contributed by atoms with Gasteiger partial charge in [-0.1, -0.05) is 30.3 Å². The maximum atomic E-state index is 12.9. The van der Waals surface area contributed by atoms with Crippen LogP contribution in [0.4, 0.5) is 0 Å². The molecular formula is C23H26N4O2. The molecule has 6 nitrogen and oxygen atoms in total. The van der Waals surface area contributed by atoms with E-state index in [-0.39, 0.29) is 16.9 Å². The Bertz CT molecular complexity index is 1060. The zero-order valence-electron chi connectivity index (χ0n) is 16.9. The van der Waals surface area contributed by atoms with Crippen LogP contribution in [0.15, 0.2) is 47.4 Å². The van der Waals surface area contributed by atoms with Crippen LogP contribution >= 0.6 is 0 Å². The van der Waals surface area contributed by atoms with E-state index in [9.17, 15) is 9.59 Å². The Balaban J connectivity index is 1.45. The van der Waals surface area contributed by atoms with Crippen LogP contribution in [0.5, 0.6) is 0 Å². The van der Waals surface area contributed by atoms with Crippen molar-refractivity contribution in [1.82, 2.24) is 20.1 Å². The van der Waals surface area contributed by atoms with Crippen LogP contribution in [0.2, 0.25) is 0 Å².